The van der Waals surface area contributed by atoms with Crippen molar-refractivity contribution in [3.05, 3.63) is 500 Å². The number of aromatic nitrogens is 7. The number of hydrogen-bond acceptors (Lipinski definition) is 0. The summed E-state index contributed by atoms with van der Waals surface area (Å²) in [6.45, 7) is 0. The first-order chi connectivity index (χ1) is 67.0. The zero-order chi connectivity index (χ0) is 87.9. The van der Waals surface area contributed by atoms with Gasteiger partial charge in [-0.05, 0) is 242 Å². The average molecular weight is 1720 g/mol. The topological polar surface area (TPSA) is 34.5 Å². The molecule has 0 bridgehead atoms. The second-order valence-corrected chi connectivity index (χ2v) is 36.9. The zero-order valence-corrected chi connectivity index (χ0v) is 73.2. The fourth-order valence-corrected chi connectivity index (χ4v) is 24.4. The second kappa shape index (κ2) is 28.4. The van der Waals surface area contributed by atoms with Gasteiger partial charge in [-0.3, -0.25) is 0 Å². The predicted molar refractivity (Wildman–Crippen MR) is 563 cm³/mol. The quantitative estimate of drug-likeness (QED) is 0.124. The number of rotatable bonds is 11. The van der Waals surface area contributed by atoms with Crippen LogP contribution in [0.5, 0.6) is 0 Å². The van der Waals surface area contributed by atoms with Crippen LogP contribution in [0.1, 0.15) is 45.2 Å². The smallest absolute Gasteiger partial charge is 0.0541 e. The van der Waals surface area contributed by atoms with E-state index < -0.39 is 0 Å². The van der Waals surface area contributed by atoms with Crippen LogP contribution in [0.25, 0.3) is 237 Å². The maximum absolute atomic E-state index is 2.52. The minimum atomic E-state index is 0.0262. The number of nitrogens with zero attached hydrogens (tertiary/aromatic N) is 7. The maximum Gasteiger partial charge on any atom is 0.0541 e. The summed E-state index contributed by atoms with van der Waals surface area (Å²) in [6.07, 6.45) is 0. The fourth-order valence-electron chi connectivity index (χ4n) is 24.4. The van der Waals surface area contributed by atoms with E-state index in [0.29, 0.717) is 0 Å². The third-order valence-corrected chi connectivity index (χ3v) is 30.0. The molecule has 0 aliphatic heterocycles. The Kier molecular flexibility index (Phi) is 15.6. The van der Waals surface area contributed by atoms with Crippen molar-refractivity contribution in [2.75, 3.05) is 0 Å². The molecule has 626 valence electrons. The molecule has 7 aromatic heterocycles. The molecule has 21 aromatic carbocycles. The zero-order valence-electron chi connectivity index (χ0n) is 73.2. The molecular weight excluding hydrogens is 1640 g/mol. The van der Waals surface area contributed by atoms with E-state index in [1.807, 2.05) is 0 Å². The van der Waals surface area contributed by atoms with E-state index in [4.69, 9.17) is 0 Å². The molecule has 0 N–H and O–H groups in total. The van der Waals surface area contributed by atoms with Crippen molar-refractivity contribution in [1.82, 2.24) is 32.0 Å². The van der Waals surface area contributed by atoms with Crippen molar-refractivity contribution >= 4 is 153 Å². The molecule has 0 fully saturated rings. The molecule has 0 saturated carbocycles. The predicted octanol–water partition coefficient (Wildman–Crippen LogP) is 33.0. The molecule has 28 aromatic rings. The Balaban J connectivity index is 0.568. The average Bonchev–Trinajstić information content (AvgIpc) is 1.57. The molecular formula is C128H79N7. The number of benzene rings is 21. The summed E-state index contributed by atoms with van der Waals surface area (Å²) in [6, 6.07) is 176. The van der Waals surface area contributed by atoms with Crippen LogP contribution >= 0.6 is 0 Å². The van der Waals surface area contributed by atoms with Crippen LogP contribution in [0.2, 0.25) is 0 Å². The molecule has 7 heteroatoms. The molecule has 0 radical (unpaired) electrons. The van der Waals surface area contributed by atoms with Crippen LogP contribution in [-0.2, 0) is 0 Å². The highest BCUT2D eigenvalue weighted by atomic mass is 15.1. The van der Waals surface area contributed by atoms with Gasteiger partial charge < -0.3 is 32.0 Å². The molecule has 135 heavy (non-hydrogen) atoms. The van der Waals surface area contributed by atoms with Gasteiger partial charge in [-0.1, -0.05) is 303 Å². The van der Waals surface area contributed by atoms with Gasteiger partial charge in [0.2, 0.25) is 0 Å². The van der Waals surface area contributed by atoms with Crippen LogP contribution in [0.15, 0.2) is 467 Å². The Morgan fingerprint density at radius 1 is 0.119 bits per heavy atom. The summed E-state index contributed by atoms with van der Waals surface area (Å²) in [5.41, 5.74) is 41.5. The lowest BCUT2D eigenvalue weighted by Gasteiger charge is -2.20. The molecule has 0 saturated heterocycles. The van der Waals surface area contributed by atoms with Gasteiger partial charge in [0.05, 0.1) is 94.3 Å². The Morgan fingerprint density at radius 2 is 0.267 bits per heavy atom. The Hall–Kier alpha value is -17.8. The molecule has 0 amide bonds. The van der Waals surface area contributed by atoms with Gasteiger partial charge in [-0.25, -0.2) is 0 Å². The van der Waals surface area contributed by atoms with Crippen molar-refractivity contribution in [1.29, 1.82) is 0 Å². The van der Waals surface area contributed by atoms with Gasteiger partial charge in [0.15, 0.2) is 0 Å². The minimum absolute atomic E-state index is 0.0262. The van der Waals surface area contributed by atoms with Gasteiger partial charge in [0.1, 0.15) is 0 Å². The summed E-state index contributed by atoms with van der Waals surface area (Å²) in [5, 5.41) is 16.9. The van der Waals surface area contributed by atoms with Gasteiger partial charge in [-0.2, -0.15) is 0 Å². The lowest BCUT2D eigenvalue weighted by molar-refractivity contribution is 0.997. The lowest BCUT2D eigenvalue weighted by Crippen LogP contribution is -2.05. The minimum Gasteiger partial charge on any atom is -0.309 e. The third-order valence-electron chi connectivity index (χ3n) is 30.0. The van der Waals surface area contributed by atoms with E-state index in [9.17, 15) is 0 Å². The first-order valence-corrected chi connectivity index (χ1v) is 46.9. The number of fused-ring (bicyclic) bond motifs is 27. The van der Waals surface area contributed by atoms with Gasteiger partial charge in [-0.15, -0.1) is 0 Å². The van der Waals surface area contributed by atoms with Crippen LogP contribution < -0.4 is 0 Å². The molecule has 0 unspecified atom stereocenters. The van der Waals surface area contributed by atoms with Crippen molar-refractivity contribution in [3.63, 3.8) is 0 Å². The highest BCUT2D eigenvalue weighted by Crippen LogP contribution is 2.54. The van der Waals surface area contributed by atoms with Crippen LogP contribution in [0, 0.1) is 0 Å². The van der Waals surface area contributed by atoms with E-state index in [-0.39, 0.29) is 11.8 Å². The molecule has 7 nitrogen and oxygen atoms in total. The summed E-state index contributed by atoms with van der Waals surface area (Å²) in [7, 11) is 0. The highest BCUT2D eigenvalue weighted by Gasteiger charge is 2.34. The molecule has 0 atom stereocenters. The first-order valence-electron chi connectivity index (χ1n) is 46.9. The van der Waals surface area contributed by atoms with E-state index in [1.54, 1.807) is 0 Å². The molecule has 30 rings (SSSR count). The summed E-state index contributed by atoms with van der Waals surface area (Å²) in [4.78, 5) is 0. The molecule has 0 spiro atoms. The molecule has 7 heterocycles. The Labute approximate surface area is 775 Å². The third kappa shape index (κ3) is 10.7. The van der Waals surface area contributed by atoms with Crippen LogP contribution in [-0.4, -0.2) is 32.0 Å². The van der Waals surface area contributed by atoms with Crippen molar-refractivity contribution < 1.29 is 0 Å². The monoisotopic (exact) mass is 1710 g/mol. The van der Waals surface area contributed by atoms with E-state index in [2.05, 4.69) is 499 Å². The SMILES string of the molecule is c1ccc2c(c1)-c1ccccc1C2c1cc(-n2c3ccccc3c3ccccc32)cc(-n2c3ccccc3c3cc(-c4ccc5c(c4)c4ccccc4n5-c4cc(-n5c6ccccc6c6ccccc65)cc(-n5c6ccccc6c6cc(-c7ccc8c(c7)c7ccccc7n8-c7cc(C8c9ccccc9-c9ccccc98)cc(-n8c9ccccc9c9ccccc98)c7)ccc65)c4)ccc32)c1. The first kappa shape index (κ1) is 74.1. The van der Waals surface area contributed by atoms with Gasteiger partial charge >= 0.3 is 0 Å². The van der Waals surface area contributed by atoms with Crippen molar-refractivity contribution in [2.24, 2.45) is 0 Å². The largest absolute Gasteiger partial charge is 0.309 e. The van der Waals surface area contributed by atoms with Crippen molar-refractivity contribution in [3.8, 4) is 84.3 Å². The Bertz CT molecular complexity index is 9250. The fraction of sp³-hybridized carbons (Fsp3) is 0.0156. The van der Waals surface area contributed by atoms with Crippen LogP contribution in [0.4, 0.5) is 0 Å². The van der Waals surface area contributed by atoms with Crippen LogP contribution in [0.3, 0.4) is 0 Å². The lowest BCUT2D eigenvalue weighted by atomic mass is 9.88. The van der Waals surface area contributed by atoms with E-state index >= 15 is 0 Å². The maximum atomic E-state index is 2.52. The standard InChI is InChI=1S/C128H79N7/c1-5-43-105-91(29-1)92-30-2-6-44-106(92)127(105)82-65-84(129-113-47-19-9-33-95(113)96-34-10-20-48-114(96)129)73-86(67-82)131-119-53-25-15-39-101(119)109-69-78(57-61-123(109)131)80-59-63-125-111(71-80)103-41-17-27-55-121(103)134(125)89-75-88(133-117-51-23-13-37-99(117)100-38-14-24-52-118(100)133)76-90(77-89)135-122-56-28-18-42-104(122)112-72-81(60-64-126(112)135)79-58-62-124-110(70-79)102-40-16-26-54-120(102)132(124)87-68-83(128-107-45-7-3-31-93(107)94-32-4-8-46-108(94)128)66-85(74-87)130-115-49-21-11-35-97(115)98-36-12-22-50-116(98)130/h1-77,127-128H. The second-order valence-electron chi connectivity index (χ2n) is 36.9. The van der Waals surface area contributed by atoms with Crippen molar-refractivity contribution in [2.45, 2.75) is 11.8 Å². The molecule has 2 aliphatic rings. The molecule has 2 aliphatic carbocycles. The normalized spacial score (nSPS) is 12.8. The van der Waals surface area contributed by atoms with Gasteiger partial charge in [0, 0.05) is 110 Å². The van der Waals surface area contributed by atoms with Gasteiger partial charge in [0.25, 0.3) is 0 Å². The summed E-state index contributed by atoms with van der Waals surface area (Å²) < 4.78 is 17.6. The van der Waals surface area contributed by atoms with E-state index in [1.165, 1.54) is 153 Å². The number of hydrogen-bond donors (Lipinski definition) is 0. The number of para-hydroxylation sites is 10. The Morgan fingerprint density at radius 3 is 0.459 bits per heavy atom. The summed E-state index contributed by atoms with van der Waals surface area (Å²) in [5.74, 6) is 0.0524. The van der Waals surface area contributed by atoms with E-state index in [0.717, 1.165) is 117 Å². The summed E-state index contributed by atoms with van der Waals surface area (Å²) >= 11 is 0. The highest BCUT2D eigenvalue weighted by molar-refractivity contribution is 6.18.